The van der Waals surface area contributed by atoms with Crippen LogP contribution in [0.25, 0.3) is 5.69 Å². The van der Waals surface area contributed by atoms with E-state index < -0.39 is 0 Å². The molecule has 4 rings (SSSR count). The first-order valence-corrected chi connectivity index (χ1v) is 10.7. The van der Waals surface area contributed by atoms with E-state index in [0.717, 1.165) is 16.1 Å². The summed E-state index contributed by atoms with van der Waals surface area (Å²) in [6.45, 7) is 1.99. The fraction of sp³-hybridized carbons (Fsp3) is 0.0870. The highest BCUT2D eigenvalue weighted by molar-refractivity contribution is 7.98. The van der Waals surface area contributed by atoms with Crippen molar-refractivity contribution in [2.24, 2.45) is 10.2 Å². The quantitative estimate of drug-likeness (QED) is 0.267. The first-order chi connectivity index (χ1) is 14.6. The molecule has 7 heteroatoms. The predicted molar refractivity (Wildman–Crippen MR) is 123 cm³/mol. The van der Waals surface area contributed by atoms with Gasteiger partial charge in [0.15, 0.2) is 5.69 Å². The minimum Gasteiger partial charge on any atom is -0.292 e. The Morgan fingerprint density at radius 1 is 0.967 bits per heavy atom. The van der Waals surface area contributed by atoms with Gasteiger partial charge < -0.3 is 0 Å². The van der Waals surface area contributed by atoms with Crippen molar-refractivity contribution in [1.29, 1.82) is 0 Å². The second-order valence-corrected chi connectivity index (χ2v) is 8.18. The molecule has 150 valence electrons. The lowest BCUT2D eigenvalue weighted by atomic mass is 10.2. The zero-order chi connectivity index (χ0) is 20.9. The van der Waals surface area contributed by atoms with Crippen LogP contribution in [0.5, 0.6) is 0 Å². The number of hydrogen-bond donors (Lipinski definition) is 1. The molecule has 0 saturated heterocycles. The highest BCUT2D eigenvalue weighted by Gasteiger charge is 2.15. The van der Waals surface area contributed by atoms with Crippen LogP contribution in [0, 0.1) is 6.92 Å². The molecular weight excluding hydrogens is 416 g/mol. The lowest BCUT2D eigenvalue weighted by Gasteiger charge is -2.02. The molecule has 0 bridgehead atoms. The molecule has 0 unspecified atom stereocenters. The summed E-state index contributed by atoms with van der Waals surface area (Å²) in [6.07, 6.45) is 0. The van der Waals surface area contributed by atoms with Crippen molar-refractivity contribution in [3.8, 4) is 5.69 Å². The third-order valence-electron chi connectivity index (χ3n) is 4.42. The molecule has 1 heterocycles. The van der Waals surface area contributed by atoms with Crippen molar-refractivity contribution >= 4 is 34.7 Å². The normalized spacial score (nSPS) is 11.3. The topological polar surface area (TPSA) is 62.5 Å². The number of thioether (sulfide) groups is 1. The maximum Gasteiger partial charge on any atom is 0.299 e. The molecule has 0 spiro atoms. The maximum atomic E-state index is 13.1. The van der Waals surface area contributed by atoms with Gasteiger partial charge in [-0.05, 0) is 61.0 Å². The Kier molecular flexibility index (Phi) is 6.16. The zero-order valence-corrected chi connectivity index (χ0v) is 17.8. The van der Waals surface area contributed by atoms with Gasteiger partial charge in [0, 0.05) is 15.7 Å². The molecule has 30 heavy (non-hydrogen) atoms. The van der Waals surface area contributed by atoms with Crippen LogP contribution in [-0.2, 0) is 5.75 Å². The number of aromatic amines is 1. The average molecular weight is 435 g/mol. The predicted octanol–water partition coefficient (Wildman–Crippen LogP) is 6.84. The molecule has 0 aliphatic heterocycles. The smallest absolute Gasteiger partial charge is 0.292 e. The number of H-pyrrole nitrogens is 1. The number of halogens is 1. The van der Waals surface area contributed by atoms with Crippen LogP contribution in [0.1, 0.15) is 11.3 Å². The Hall–Kier alpha value is -3.09. The van der Waals surface area contributed by atoms with E-state index in [1.807, 2.05) is 85.8 Å². The molecule has 4 aromatic rings. The van der Waals surface area contributed by atoms with Crippen LogP contribution in [0.4, 0.5) is 11.4 Å². The van der Waals surface area contributed by atoms with E-state index in [9.17, 15) is 4.79 Å². The van der Waals surface area contributed by atoms with Gasteiger partial charge in [0.25, 0.3) is 5.56 Å². The van der Waals surface area contributed by atoms with Crippen LogP contribution in [-0.4, -0.2) is 9.78 Å². The number of aromatic nitrogens is 2. The molecule has 0 radical (unpaired) electrons. The van der Waals surface area contributed by atoms with Crippen molar-refractivity contribution in [3.63, 3.8) is 0 Å². The lowest BCUT2D eigenvalue weighted by Crippen LogP contribution is -2.13. The average Bonchev–Trinajstić information content (AvgIpc) is 3.08. The minimum atomic E-state index is -0.232. The van der Waals surface area contributed by atoms with E-state index in [2.05, 4.69) is 15.3 Å². The second kappa shape index (κ2) is 9.15. The number of benzene rings is 3. The highest BCUT2D eigenvalue weighted by Crippen LogP contribution is 2.28. The van der Waals surface area contributed by atoms with Crippen LogP contribution in [0.3, 0.4) is 0 Å². The van der Waals surface area contributed by atoms with Gasteiger partial charge in [-0.2, -0.15) is 5.11 Å². The molecule has 5 nitrogen and oxygen atoms in total. The van der Waals surface area contributed by atoms with Gasteiger partial charge >= 0.3 is 0 Å². The van der Waals surface area contributed by atoms with Crippen molar-refractivity contribution in [2.45, 2.75) is 17.6 Å². The van der Waals surface area contributed by atoms with Crippen LogP contribution in [0.15, 0.2) is 98.8 Å². The number of para-hydroxylation sites is 1. The molecule has 1 aromatic heterocycles. The van der Waals surface area contributed by atoms with E-state index in [0.29, 0.717) is 27.8 Å². The Bertz CT molecular complexity index is 1230. The number of hydrogen-bond acceptors (Lipinski definition) is 4. The number of aryl methyl sites for hydroxylation is 1. The van der Waals surface area contributed by atoms with Gasteiger partial charge in [-0.3, -0.25) is 9.89 Å². The summed E-state index contributed by atoms with van der Waals surface area (Å²) in [5.74, 6) is 0.541. The maximum absolute atomic E-state index is 13.1. The Morgan fingerprint density at radius 2 is 1.73 bits per heavy atom. The van der Waals surface area contributed by atoms with Crippen molar-refractivity contribution in [2.75, 3.05) is 0 Å². The molecule has 0 fully saturated rings. The molecular formula is C23H19ClN4OS. The Labute approximate surface area is 183 Å². The summed E-state index contributed by atoms with van der Waals surface area (Å²) in [6, 6.07) is 24.7. The number of rotatable bonds is 6. The van der Waals surface area contributed by atoms with Gasteiger partial charge in [-0.25, -0.2) is 4.68 Å². The number of azo groups is 1. The summed E-state index contributed by atoms with van der Waals surface area (Å²) in [7, 11) is 0. The van der Waals surface area contributed by atoms with Gasteiger partial charge in [-0.15, -0.1) is 16.9 Å². The first kappa shape index (κ1) is 20.2. The van der Waals surface area contributed by atoms with Gasteiger partial charge in [-0.1, -0.05) is 41.9 Å². The lowest BCUT2D eigenvalue weighted by molar-refractivity contribution is 0.833. The van der Waals surface area contributed by atoms with E-state index >= 15 is 0 Å². The molecule has 0 atom stereocenters. The molecule has 0 aliphatic carbocycles. The SMILES string of the molecule is Cc1cccc(N=Nc2c(CSc3ccc(Cl)cc3)[nH]n(-c3ccccc3)c2=O)c1. The fourth-order valence-corrected chi connectivity index (χ4v) is 3.89. The van der Waals surface area contributed by atoms with E-state index in [4.69, 9.17) is 11.6 Å². The number of nitrogens with zero attached hydrogens (tertiary/aromatic N) is 3. The van der Waals surface area contributed by atoms with Crippen molar-refractivity contribution in [3.05, 3.63) is 105 Å². The summed E-state index contributed by atoms with van der Waals surface area (Å²) < 4.78 is 1.50. The third-order valence-corrected chi connectivity index (χ3v) is 5.71. The Morgan fingerprint density at radius 3 is 2.47 bits per heavy atom. The van der Waals surface area contributed by atoms with Crippen molar-refractivity contribution in [1.82, 2.24) is 9.78 Å². The van der Waals surface area contributed by atoms with Crippen molar-refractivity contribution < 1.29 is 0 Å². The minimum absolute atomic E-state index is 0.232. The summed E-state index contributed by atoms with van der Waals surface area (Å²) in [5.41, 5.74) is 3.32. The molecule has 3 aromatic carbocycles. The van der Waals surface area contributed by atoms with Crippen LogP contribution in [0.2, 0.25) is 5.02 Å². The highest BCUT2D eigenvalue weighted by atomic mass is 35.5. The summed E-state index contributed by atoms with van der Waals surface area (Å²) in [4.78, 5) is 14.1. The largest absolute Gasteiger partial charge is 0.299 e. The van der Waals surface area contributed by atoms with Gasteiger partial charge in [0.2, 0.25) is 0 Å². The van der Waals surface area contributed by atoms with Crippen LogP contribution < -0.4 is 5.56 Å². The summed E-state index contributed by atoms with van der Waals surface area (Å²) >= 11 is 7.56. The van der Waals surface area contributed by atoms with E-state index in [1.165, 1.54) is 4.68 Å². The molecule has 1 N–H and O–H groups in total. The van der Waals surface area contributed by atoms with Crippen LogP contribution >= 0.6 is 23.4 Å². The second-order valence-electron chi connectivity index (χ2n) is 6.70. The van der Waals surface area contributed by atoms with E-state index in [1.54, 1.807) is 11.8 Å². The molecule has 0 aliphatic rings. The molecule has 0 saturated carbocycles. The van der Waals surface area contributed by atoms with Gasteiger partial charge in [0.05, 0.1) is 17.1 Å². The monoisotopic (exact) mass is 434 g/mol. The fourth-order valence-electron chi connectivity index (χ4n) is 2.92. The summed E-state index contributed by atoms with van der Waals surface area (Å²) in [5, 5.41) is 12.5. The number of nitrogens with one attached hydrogen (secondary N) is 1. The zero-order valence-electron chi connectivity index (χ0n) is 16.2. The Balaban J connectivity index is 1.69. The van der Waals surface area contributed by atoms with Gasteiger partial charge in [0.1, 0.15) is 0 Å². The third kappa shape index (κ3) is 4.72. The standard InChI is InChI=1S/C23H19ClN4OS/c1-16-6-5-7-18(14-16)25-26-22-21(15-30-20-12-10-17(24)11-13-20)27-28(23(22)29)19-8-3-2-4-9-19/h2-14,27H,15H2,1H3. The van der Waals surface area contributed by atoms with E-state index in [-0.39, 0.29) is 5.56 Å². The first-order valence-electron chi connectivity index (χ1n) is 9.36. The molecule has 0 amide bonds.